The first-order valence-corrected chi connectivity index (χ1v) is 7.15. The fraction of sp³-hybridized carbons (Fsp3) is 0.158. The normalized spacial score (nSPS) is 16.9. The predicted octanol–water partition coefficient (Wildman–Crippen LogP) is 4.86. The summed E-state index contributed by atoms with van der Waals surface area (Å²) < 4.78 is 0. The Kier molecular flexibility index (Phi) is 2.53. The molecule has 1 aliphatic heterocycles. The molecular formula is C19H17N. The van der Waals surface area contributed by atoms with Crippen LogP contribution in [0.4, 0.5) is 5.69 Å². The third-order valence-corrected chi connectivity index (χ3v) is 4.22. The van der Waals surface area contributed by atoms with Gasteiger partial charge in [0, 0.05) is 5.69 Å². The van der Waals surface area contributed by atoms with E-state index in [0.29, 0.717) is 6.04 Å². The lowest BCUT2D eigenvalue weighted by atomic mass is 9.98. The minimum Gasteiger partial charge on any atom is -0.378 e. The molecule has 4 rings (SSSR count). The second-order valence-electron chi connectivity index (χ2n) is 5.63. The molecule has 1 unspecified atom stereocenters. The maximum absolute atomic E-state index is 3.67. The van der Waals surface area contributed by atoms with E-state index < -0.39 is 0 Å². The summed E-state index contributed by atoms with van der Waals surface area (Å²) in [6.45, 7) is 2.15. The van der Waals surface area contributed by atoms with Crippen LogP contribution in [0.25, 0.3) is 10.8 Å². The van der Waals surface area contributed by atoms with E-state index in [9.17, 15) is 0 Å². The van der Waals surface area contributed by atoms with Crippen molar-refractivity contribution in [2.75, 3.05) is 5.32 Å². The topological polar surface area (TPSA) is 12.0 Å². The minimum atomic E-state index is 0.399. The molecule has 98 valence electrons. The van der Waals surface area contributed by atoms with Crippen molar-refractivity contribution in [1.82, 2.24) is 0 Å². The van der Waals surface area contributed by atoms with Crippen LogP contribution in [-0.2, 0) is 6.42 Å². The van der Waals surface area contributed by atoms with E-state index in [1.165, 1.54) is 33.2 Å². The highest BCUT2D eigenvalue weighted by Crippen LogP contribution is 2.38. The lowest BCUT2D eigenvalue weighted by Crippen LogP contribution is -2.05. The molecule has 0 saturated carbocycles. The molecule has 0 radical (unpaired) electrons. The lowest BCUT2D eigenvalue weighted by Gasteiger charge is -2.12. The molecule has 1 aliphatic rings. The summed E-state index contributed by atoms with van der Waals surface area (Å²) in [7, 11) is 0. The summed E-state index contributed by atoms with van der Waals surface area (Å²) >= 11 is 0. The lowest BCUT2D eigenvalue weighted by molar-refractivity contribution is 0.825. The highest BCUT2D eigenvalue weighted by atomic mass is 14.9. The van der Waals surface area contributed by atoms with E-state index >= 15 is 0 Å². The Morgan fingerprint density at radius 2 is 1.85 bits per heavy atom. The zero-order valence-electron chi connectivity index (χ0n) is 11.6. The van der Waals surface area contributed by atoms with Crippen molar-refractivity contribution < 1.29 is 0 Å². The van der Waals surface area contributed by atoms with Gasteiger partial charge < -0.3 is 5.32 Å². The van der Waals surface area contributed by atoms with Gasteiger partial charge in [-0.15, -0.1) is 0 Å². The van der Waals surface area contributed by atoms with E-state index in [1.54, 1.807) is 0 Å². The van der Waals surface area contributed by atoms with Crippen LogP contribution >= 0.6 is 0 Å². The Labute approximate surface area is 119 Å². The first-order chi connectivity index (χ1) is 9.81. The summed E-state index contributed by atoms with van der Waals surface area (Å²) in [6.07, 6.45) is 1.07. The third-order valence-electron chi connectivity index (χ3n) is 4.22. The van der Waals surface area contributed by atoms with Gasteiger partial charge in [0.1, 0.15) is 0 Å². The monoisotopic (exact) mass is 259 g/mol. The zero-order valence-corrected chi connectivity index (χ0v) is 11.6. The number of rotatable bonds is 1. The Hall–Kier alpha value is -2.28. The largest absolute Gasteiger partial charge is 0.378 e. The zero-order chi connectivity index (χ0) is 13.5. The molecule has 1 nitrogen and oxygen atoms in total. The van der Waals surface area contributed by atoms with E-state index in [4.69, 9.17) is 0 Å². The van der Waals surface area contributed by atoms with Crippen LogP contribution in [0.1, 0.15) is 22.7 Å². The van der Waals surface area contributed by atoms with E-state index in [2.05, 4.69) is 72.9 Å². The number of fused-ring (bicyclic) bond motifs is 3. The number of hydrogen-bond acceptors (Lipinski definition) is 1. The average molecular weight is 259 g/mol. The van der Waals surface area contributed by atoms with Crippen molar-refractivity contribution in [3.05, 3.63) is 77.4 Å². The smallest absolute Gasteiger partial charge is 0.0555 e. The number of aryl methyl sites for hydroxylation is 1. The molecule has 3 aromatic carbocycles. The van der Waals surface area contributed by atoms with Crippen LogP contribution in [-0.4, -0.2) is 0 Å². The van der Waals surface area contributed by atoms with Crippen molar-refractivity contribution in [2.45, 2.75) is 19.4 Å². The summed E-state index contributed by atoms with van der Waals surface area (Å²) in [5, 5.41) is 6.38. The van der Waals surface area contributed by atoms with E-state index in [-0.39, 0.29) is 0 Å². The summed E-state index contributed by atoms with van der Waals surface area (Å²) in [5.41, 5.74) is 5.44. The van der Waals surface area contributed by atoms with Gasteiger partial charge in [-0.25, -0.2) is 0 Å². The van der Waals surface area contributed by atoms with Crippen molar-refractivity contribution in [1.29, 1.82) is 0 Å². The molecule has 0 amide bonds. The van der Waals surface area contributed by atoms with Crippen LogP contribution < -0.4 is 5.32 Å². The van der Waals surface area contributed by atoms with Gasteiger partial charge in [0.2, 0.25) is 0 Å². The predicted molar refractivity (Wildman–Crippen MR) is 85.2 cm³/mol. The van der Waals surface area contributed by atoms with Crippen LogP contribution in [0.5, 0.6) is 0 Å². The van der Waals surface area contributed by atoms with Crippen LogP contribution in [0.15, 0.2) is 60.7 Å². The Morgan fingerprint density at radius 1 is 0.950 bits per heavy atom. The average Bonchev–Trinajstić information content (AvgIpc) is 2.92. The van der Waals surface area contributed by atoms with E-state index in [1.807, 2.05) is 0 Å². The standard InChI is InChI=1S/C19H17N/c1-13-5-4-7-15(11-13)19-12-17-16-8-3-2-6-14(16)9-10-18(17)20-19/h2-11,19-20H,12H2,1H3. The molecule has 1 heteroatoms. The Balaban J connectivity index is 1.78. The molecule has 20 heavy (non-hydrogen) atoms. The third kappa shape index (κ3) is 1.78. The quantitative estimate of drug-likeness (QED) is 0.658. The second kappa shape index (κ2) is 4.38. The molecular weight excluding hydrogens is 242 g/mol. The molecule has 3 aromatic rings. The molecule has 0 saturated heterocycles. The van der Waals surface area contributed by atoms with Gasteiger partial charge in [0.15, 0.2) is 0 Å². The van der Waals surface area contributed by atoms with Gasteiger partial charge in [-0.05, 0) is 41.3 Å². The SMILES string of the molecule is Cc1cccc(C2Cc3c(ccc4ccccc34)N2)c1. The number of nitrogens with one attached hydrogen (secondary N) is 1. The second-order valence-corrected chi connectivity index (χ2v) is 5.63. The summed E-state index contributed by atoms with van der Waals surface area (Å²) in [4.78, 5) is 0. The van der Waals surface area contributed by atoms with Crippen molar-refractivity contribution in [3.8, 4) is 0 Å². The highest BCUT2D eigenvalue weighted by Gasteiger charge is 2.23. The summed E-state index contributed by atoms with van der Waals surface area (Å²) in [5.74, 6) is 0. The van der Waals surface area contributed by atoms with Gasteiger partial charge in [-0.3, -0.25) is 0 Å². The molecule has 0 aliphatic carbocycles. The first kappa shape index (κ1) is 11.5. The first-order valence-electron chi connectivity index (χ1n) is 7.15. The van der Waals surface area contributed by atoms with Gasteiger partial charge in [-0.1, -0.05) is 60.2 Å². The molecule has 0 aromatic heterocycles. The minimum absolute atomic E-state index is 0.399. The number of anilines is 1. The highest BCUT2D eigenvalue weighted by molar-refractivity contribution is 5.91. The number of hydrogen-bond donors (Lipinski definition) is 1. The fourth-order valence-corrected chi connectivity index (χ4v) is 3.22. The van der Waals surface area contributed by atoms with E-state index in [0.717, 1.165) is 6.42 Å². The Bertz CT molecular complexity index is 789. The van der Waals surface area contributed by atoms with Crippen molar-refractivity contribution >= 4 is 16.5 Å². The van der Waals surface area contributed by atoms with Crippen molar-refractivity contribution in [2.24, 2.45) is 0 Å². The molecule has 1 heterocycles. The Morgan fingerprint density at radius 3 is 2.75 bits per heavy atom. The molecule has 0 bridgehead atoms. The van der Waals surface area contributed by atoms with Crippen LogP contribution in [0, 0.1) is 6.92 Å². The molecule has 1 atom stereocenters. The number of benzene rings is 3. The molecule has 1 N–H and O–H groups in total. The maximum atomic E-state index is 3.67. The van der Waals surface area contributed by atoms with Gasteiger partial charge in [0.25, 0.3) is 0 Å². The van der Waals surface area contributed by atoms with Crippen LogP contribution in [0.2, 0.25) is 0 Å². The maximum Gasteiger partial charge on any atom is 0.0555 e. The fourth-order valence-electron chi connectivity index (χ4n) is 3.22. The molecule has 0 spiro atoms. The summed E-state index contributed by atoms with van der Waals surface area (Å²) in [6, 6.07) is 22.3. The molecule has 0 fully saturated rings. The van der Waals surface area contributed by atoms with Gasteiger partial charge in [0.05, 0.1) is 6.04 Å². The van der Waals surface area contributed by atoms with Crippen molar-refractivity contribution in [3.63, 3.8) is 0 Å². The van der Waals surface area contributed by atoms with Gasteiger partial charge >= 0.3 is 0 Å². The van der Waals surface area contributed by atoms with Gasteiger partial charge in [-0.2, -0.15) is 0 Å². The van der Waals surface area contributed by atoms with Crippen LogP contribution in [0.3, 0.4) is 0 Å².